The Morgan fingerprint density at radius 2 is 1.88 bits per heavy atom. The molecule has 26 heavy (non-hydrogen) atoms. The van der Waals surface area contributed by atoms with E-state index in [9.17, 15) is 0 Å². The Bertz CT molecular complexity index is 1020. The van der Waals surface area contributed by atoms with E-state index in [1.807, 2.05) is 24.3 Å². The van der Waals surface area contributed by atoms with Crippen molar-refractivity contribution in [2.45, 2.75) is 0 Å². The number of nitrogens with zero attached hydrogens (tertiary/aromatic N) is 3. The van der Waals surface area contributed by atoms with E-state index < -0.39 is 0 Å². The van der Waals surface area contributed by atoms with Crippen LogP contribution < -0.4 is 20.1 Å². The SMILES string of the molecule is c1nc(NCC2=NCCN2)c2cc(-c3ccc4c(c3)OCO4)ccc2n1. The van der Waals surface area contributed by atoms with Gasteiger partial charge in [-0.05, 0) is 35.4 Å². The number of hydrogen-bond donors (Lipinski definition) is 2. The second-order valence-electron chi connectivity index (χ2n) is 6.13. The van der Waals surface area contributed by atoms with Crippen molar-refractivity contribution in [3.05, 3.63) is 42.7 Å². The van der Waals surface area contributed by atoms with Gasteiger partial charge in [0.15, 0.2) is 11.5 Å². The van der Waals surface area contributed by atoms with E-state index in [1.54, 1.807) is 6.33 Å². The van der Waals surface area contributed by atoms with Crippen molar-refractivity contribution >= 4 is 22.6 Å². The average Bonchev–Trinajstić information content (AvgIpc) is 3.37. The summed E-state index contributed by atoms with van der Waals surface area (Å²) in [6, 6.07) is 12.1. The third kappa shape index (κ3) is 2.67. The van der Waals surface area contributed by atoms with E-state index in [1.165, 1.54) is 0 Å². The average molecular weight is 347 g/mol. The van der Waals surface area contributed by atoms with E-state index >= 15 is 0 Å². The third-order valence-corrected chi connectivity index (χ3v) is 4.51. The first-order valence-electron chi connectivity index (χ1n) is 8.53. The van der Waals surface area contributed by atoms with Gasteiger partial charge < -0.3 is 20.1 Å². The Hall–Kier alpha value is -3.35. The molecule has 5 rings (SSSR count). The van der Waals surface area contributed by atoms with Crippen molar-refractivity contribution in [2.75, 3.05) is 31.7 Å². The molecule has 2 aromatic carbocycles. The molecule has 130 valence electrons. The molecule has 7 nitrogen and oxygen atoms in total. The summed E-state index contributed by atoms with van der Waals surface area (Å²) in [5, 5.41) is 7.59. The number of anilines is 1. The van der Waals surface area contributed by atoms with Gasteiger partial charge in [0, 0.05) is 11.9 Å². The molecule has 3 heterocycles. The molecular weight excluding hydrogens is 330 g/mol. The number of amidine groups is 1. The number of fused-ring (bicyclic) bond motifs is 2. The van der Waals surface area contributed by atoms with Crippen LogP contribution in [0.5, 0.6) is 11.5 Å². The standard InChI is InChI=1S/C19H17N5O2/c1-3-15-14(19(24-10-23-15)22-9-18-20-5-6-21-18)7-12(1)13-2-4-16-17(8-13)26-11-25-16/h1-4,7-8,10H,5-6,9,11H2,(H,20,21)(H,22,23,24). The molecule has 0 bridgehead atoms. The highest BCUT2D eigenvalue weighted by Crippen LogP contribution is 2.36. The summed E-state index contributed by atoms with van der Waals surface area (Å²) < 4.78 is 10.9. The minimum Gasteiger partial charge on any atom is -0.454 e. The number of nitrogens with one attached hydrogen (secondary N) is 2. The first kappa shape index (κ1) is 14.9. The van der Waals surface area contributed by atoms with E-state index in [2.05, 4.69) is 37.7 Å². The van der Waals surface area contributed by atoms with Gasteiger partial charge in [0.2, 0.25) is 6.79 Å². The van der Waals surface area contributed by atoms with Crippen molar-refractivity contribution < 1.29 is 9.47 Å². The van der Waals surface area contributed by atoms with Gasteiger partial charge >= 0.3 is 0 Å². The predicted molar refractivity (Wildman–Crippen MR) is 99.9 cm³/mol. The molecule has 0 atom stereocenters. The van der Waals surface area contributed by atoms with Crippen molar-refractivity contribution in [1.29, 1.82) is 0 Å². The predicted octanol–water partition coefficient (Wildman–Crippen LogP) is 2.44. The molecule has 3 aromatic rings. The molecule has 0 radical (unpaired) electrons. The summed E-state index contributed by atoms with van der Waals surface area (Å²) in [6.45, 7) is 2.63. The summed E-state index contributed by atoms with van der Waals surface area (Å²) in [5.41, 5.74) is 3.03. The normalized spacial score (nSPS) is 15.0. The van der Waals surface area contributed by atoms with Crippen molar-refractivity contribution in [3.8, 4) is 22.6 Å². The fourth-order valence-electron chi connectivity index (χ4n) is 3.19. The Morgan fingerprint density at radius 3 is 2.81 bits per heavy atom. The second kappa shape index (κ2) is 6.18. The molecule has 2 aliphatic rings. The zero-order chi connectivity index (χ0) is 17.3. The maximum Gasteiger partial charge on any atom is 0.231 e. The lowest BCUT2D eigenvalue weighted by atomic mass is 10.0. The van der Waals surface area contributed by atoms with E-state index in [0.29, 0.717) is 6.54 Å². The van der Waals surface area contributed by atoms with Gasteiger partial charge in [0.1, 0.15) is 18.0 Å². The number of aliphatic imine (C=N–C) groups is 1. The number of ether oxygens (including phenoxy) is 2. The van der Waals surface area contributed by atoms with Crippen LogP contribution in [0.2, 0.25) is 0 Å². The molecule has 7 heteroatoms. The molecule has 0 amide bonds. The van der Waals surface area contributed by atoms with Crippen LogP contribution in [0, 0.1) is 0 Å². The van der Waals surface area contributed by atoms with Crippen LogP contribution in [0.15, 0.2) is 47.7 Å². The molecular formula is C19H17N5O2. The molecule has 0 aliphatic carbocycles. The fourth-order valence-corrected chi connectivity index (χ4v) is 3.19. The Labute approximate surface area is 150 Å². The Balaban J connectivity index is 1.50. The summed E-state index contributed by atoms with van der Waals surface area (Å²) >= 11 is 0. The largest absolute Gasteiger partial charge is 0.454 e. The number of rotatable bonds is 4. The molecule has 2 N–H and O–H groups in total. The van der Waals surface area contributed by atoms with E-state index in [-0.39, 0.29) is 6.79 Å². The highest BCUT2D eigenvalue weighted by atomic mass is 16.7. The topological polar surface area (TPSA) is 80.7 Å². The molecule has 0 spiro atoms. The van der Waals surface area contributed by atoms with Gasteiger partial charge in [-0.3, -0.25) is 4.99 Å². The van der Waals surface area contributed by atoms with Gasteiger partial charge in [-0.2, -0.15) is 0 Å². The lowest BCUT2D eigenvalue weighted by Gasteiger charge is -2.10. The van der Waals surface area contributed by atoms with Crippen LogP contribution in [0.25, 0.3) is 22.0 Å². The monoisotopic (exact) mass is 347 g/mol. The maximum atomic E-state index is 5.49. The summed E-state index contributed by atoms with van der Waals surface area (Å²) in [5.74, 6) is 3.32. The Kier molecular flexibility index (Phi) is 3.55. The summed E-state index contributed by atoms with van der Waals surface area (Å²) in [4.78, 5) is 13.2. The van der Waals surface area contributed by atoms with Crippen LogP contribution in [-0.4, -0.2) is 42.2 Å². The van der Waals surface area contributed by atoms with Crippen molar-refractivity contribution in [3.63, 3.8) is 0 Å². The Morgan fingerprint density at radius 1 is 1.00 bits per heavy atom. The molecule has 0 saturated heterocycles. The first-order chi connectivity index (χ1) is 12.9. The van der Waals surface area contributed by atoms with Gasteiger partial charge in [-0.25, -0.2) is 9.97 Å². The summed E-state index contributed by atoms with van der Waals surface area (Å²) in [7, 11) is 0. The minimum absolute atomic E-state index is 0.274. The van der Waals surface area contributed by atoms with Gasteiger partial charge in [-0.15, -0.1) is 0 Å². The van der Waals surface area contributed by atoms with Crippen LogP contribution in [0.1, 0.15) is 0 Å². The highest BCUT2D eigenvalue weighted by molar-refractivity contribution is 5.95. The number of hydrogen-bond acceptors (Lipinski definition) is 7. The molecule has 0 unspecified atom stereocenters. The van der Waals surface area contributed by atoms with Gasteiger partial charge in [0.25, 0.3) is 0 Å². The van der Waals surface area contributed by atoms with Crippen LogP contribution in [-0.2, 0) is 0 Å². The van der Waals surface area contributed by atoms with Crippen LogP contribution in [0.4, 0.5) is 5.82 Å². The zero-order valence-electron chi connectivity index (χ0n) is 14.0. The third-order valence-electron chi connectivity index (χ3n) is 4.51. The van der Waals surface area contributed by atoms with Gasteiger partial charge in [0.05, 0.1) is 18.6 Å². The van der Waals surface area contributed by atoms with E-state index in [4.69, 9.17) is 9.47 Å². The lowest BCUT2D eigenvalue weighted by Crippen LogP contribution is -2.26. The van der Waals surface area contributed by atoms with Gasteiger partial charge in [-0.1, -0.05) is 12.1 Å². The fraction of sp³-hybridized carbons (Fsp3) is 0.211. The van der Waals surface area contributed by atoms with Crippen molar-refractivity contribution in [2.24, 2.45) is 4.99 Å². The van der Waals surface area contributed by atoms with E-state index in [0.717, 1.165) is 58.3 Å². The second-order valence-corrected chi connectivity index (χ2v) is 6.13. The molecule has 0 fully saturated rings. The highest BCUT2D eigenvalue weighted by Gasteiger charge is 2.14. The number of aromatic nitrogens is 2. The summed E-state index contributed by atoms with van der Waals surface area (Å²) in [6.07, 6.45) is 1.58. The maximum absolute atomic E-state index is 5.49. The smallest absolute Gasteiger partial charge is 0.231 e. The van der Waals surface area contributed by atoms with Crippen LogP contribution in [0.3, 0.4) is 0 Å². The van der Waals surface area contributed by atoms with Crippen molar-refractivity contribution in [1.82, 2.24) is 15.3 Å². The molecule has 1 aromatic heterocycles. The zero-order valence-corrected chi connectivity index (χ0v) is 14.0. The van der Waals surface area contributed by atoms with Crippen LogP contribution >= 0.6 is 0 Å². The quantitative estimate of drug-likeness (QED) is 0.754. The molecule has 0 saturated carbocycles. The first-order valence-corrected chi connectivity index (χ1v) is 8.53. The number of benzene rings is 2. The lowest BCUT2D eigenvalue weighted by molar-refractivity contribution is 0.174. The minimum atomic E-state index is 0.274. The molecule has 2 aliphatic heterocycles.